The molecule has 1 N–H and O–H groups in total. The van der Waals surface area contributed by atoms with Gasteiger partial charge in [0.1, 0.15) is 5.82 Å². The summed E-state index contributed by atoms with van der Waals surface area (Å²) in [5.41, 5.74) is 3.18. The standard InChI is InChI=1S/C19H24N4O2S/c1-19(2)11-14(8-10-26(19,24)25)21-18-15-6-3-7-16(15)22-17(23-18)13-5-4-9-20-12-13/h4-5,9,12,14H,3,6-8,10-11H2,1-2H3,(H,21,22,23). The Bertz CT molecular complexity index is 926. The minimum atomic E-state index is -3.03. The normalized spacial score (nSPS) is 23.4. The fourth-order valence-electron chi connectivity index (χ4n) is 3.89. The predicted octanol–water partition coefficient (Wildman–Crippen LogP) is 2.80. The summed E-state index contributed by atoms with van der Waals surface area (Å²) in [6.45, 7) is 3.64. The lowest BCUT2D eigenvalue weighted by atomic mass is 9.99. The number of fused-ring (bicyclic) bond motifs is 1. The molecule has 0 radical (unpaired) electrons. The van der Waals surface area contributed by atoms with Gasteiger partial charge in [0.25, 0.3) is 0 Å². The summed E-state index contributed by atoms with van der Waals surface area (Å²) >= 11 is 0. The molecule has 1 fully saturated rings. The lowest BCUT2D eigenvalue weighted by Gasteiger charge is -2.35. The van der Waals surface area contributed by atoms with E-state index in [9.17, 15) is 8.42 Å². The van der Waals surface area contributed by atoms with Gasteiger partial charge in [0.05, 0.1) is 10.5 Å². The molecule has 0 bridgehead atoms. The Kier molecular flexibility index (Phi) is 4.22. The zero-order valence-electron chi connectivity index (χ0n) is 15.2. The van der Waals surface area contributed by atoms with E-state index in [0.29, 0.717) is 18.7 Å². The highest BCUT2D eigenvalue weighted by Gasteiger charge is 2.41. The number of aromatic nitrogens is 3. The Hall–Kier alpha value is -2.02. The molecule has 3 heterocycles. The van der Waals surface area contributed by atoms with Crippen LogP contribution in [-0.2, 0) is 22.7 Å². The van der Waals surface area contributed by atoms with Gasteiger partial charge in [-0.1, -0.05) is 0 Å². The van der Waals surface area contributed by atoms with Crippen molar-refractivity contribution in [3.63, 3.8) is 0 Å². The van der Waals surface area contributed by atoms with Crippen LogP contribution < -0.4 is 5.32 Å². The number of pyridine rings is 1. The van der Waals surface area contributed by atoms with Gasteiger partial charge in [0.2, 0.25) is 0 Å². The minimum Gasteiger partial charge on any atom is -0.367 e. The molecule has 4 rings (SSSR count). The van der Waals surface area contributed by atoms with Crippen molar-refractivity contribution in [2.24, 2.45) is 0 Å². The first-order valence-corrected chi connectivity index (χ1v) is 10.8. The van der Waals surface area contributed by atoms with E-state index in [0.717, 1.165) is 36.3 Å². The van der Waals surface area contributed by atoms with Crippen LogP contribution in [0.2, 0.25) is 0 Å². The van der Waals surface area contributed by atoms with E-state index in [1.165, 1.54) is 5.56 Å². The summed E-state index contributed by atoms with van der Waals surface area (Å²) in [5, 5.41) is 3.55. The Morgan fingerprint density at radius 2 is 2.08 bits per heavy atom. The van der Waals surface area contributed by atoms with E-state index in [1.807, 2.05) is 26.0 Å². The third kappa shape index (κ3) is 3.09. The Labute approximate surface area is 154 Å². The van der Waals surface area contributed by atoms with Crippen molar-refractivity contribution in [3.05, 3.63) is 35.8 Å². The highest BCUT2D eigenvalue weighted by atomic mass is 32.2. The van der Waals surface area contributed by atoms with Crippen LogP contribution in [0.5, 0.6) is 0 Å². The van der Waals surface area contributed by atoms with Gasteiger partial charge in [0, 0.05) is 35.3 Å². The SMILES string of the molecule is CC1(C)CC(Nc2nc(-c3cccnc3)nc3c2CCC3)CCS1(=O)=O. The zero-order valence-corrected chi connectivity index (χ0v) is 16.0. The number of aryl methyl sites for hydroxylation is 1. The smallest absolute Gasteiger partial charge is 0.163 e. The van der Waals surface area contributed by atoms with Crippen LogP contribution in [0, 0.1) is 0 Å². The molecule has 1 unspecified atom stereocenters. The van der Waals surface area contributed by atoms with Crippen molar-refractivity contribution in [1.29, 1.82) is 0 Å². The molecule has 1 atom stereocenters. The molecule has 1 saturated heterocycles. The number of hydrogen-bond donors (Lipinski definition) is 1. The van der Waals surface area contributed by atoms with Gasteiger partial charge in [-0.3, -0.25) is 4.98 Å². The second-order valence-corrected chi connectivity index (χ2v) is 10.6. The van der Waals surface area contributed by atoms with E-state index in [1.54, 1.807) is 12.4 Å². The van der Waals surface area contributed by atoms with Crippen molar-refractivity contribution in [2.45, 2.75) is 56.7 Å². The number of anilines is 1. The second-order valence-electron chi connectivity index (χ2n) is 7.83. The summed E-state index contributed by atoms with van der Waals surface area (Å²) in [7, 11) is -3.03. The van der Waals surface area contributed by atoms with Gasteiger partial charge in [-0.2, -0.15) is 0 Å². The average molecular weight is 372 g/mol. The summed E-state index contributed by atoms with van der Waals surface area (Å²) in [6.07, 6.45) is 7.74. The molecule has 1 aliphatic heterocycles. The van der Waals surface area contributed by atoms with Crippen molar-refractivity contribution in [2.75, 3.05) is 11.1 Å². The van der Waals surface area contributed by atoms with Gasteiger partial charge in [-0.05, 0) is 58.1 Å². The van der Waals surface area contributed by atoms with E-state index >= 15 is 0 Å². The molecule has 1 aliphatic carbocycles. The molecule has 6 nitrogen and oxygen atoms in total. The number of nitrogens with one attached hydrogen (secondary N) is 1. The lowest BCUT2D eigenvalue weighted by Crippen LogP contribution is -2.45. The first-order valence-electron chi connectivity index (χ1n) is 9.15. The molecule has 2 aromatic heterocycles. The van der Waals surface area contributed by atoms with Crippen LogP contribution in [-0.4, -0.2) is 39.9 Å². The summed E-state index contributed by atoms with van der Waals surface area (Å²) in [5.74, 6) is 1.77. The number of hydrogen-bond acceptors (Lipinski definition) is 6. The molecule has 0 amide bonds. The van der Waals surface area contributed by atoms with Gasteiger partial charge in [0.15, 0.2) is 15.7 Å². The summed E-state index contributed by atoms with van der Waals surface area (Å²) in [4.78, 5) is 13.7. The first-order chi connectivity index (χ1) is 12.4. The quantitative estimate of drug-likeness (QED) is 0.892. The van der Waals surface area contributed by atoms with E-state index in [2.05, 4.69) is 10.3 Å². The fraction of sp³-hybridized carbons (Fsp3) is 0.526. The average Bonchev–Trinajstić information content (AvgIpc) is 3.08. The van der Waals surface area contributed by atoms with Crippen LogP contribution in [0.4, 0.5) is 5.82 Å². The van der Waals surface area contributed by atoms with Crippen molar-refractivity contribution >= 4 is 15.7 Å². The molecular formula is C19H24N4O2S. The van der Waals surface area contributed by atoms with Crippen LogP contribution in [0.15, 0.2) is 24.5 Å². The van der Waals surface area contributed by atoms with Gasteiger partial charge in [-0.25, -0.2) is 18.4 Å². The topological polar surface area (TPSA) is 84.8 Å². The molecular weight excluding hydrogens is 348 g/mol. The van der Waals surface area contributed by atoms with E-state index < -0.39 is 14.6 Å². The Morgan fingerprint density at radius 3 is 2.81 bits per heavy atom. The van der Waals surface area contributed by atoms with E-state index in [-0.39, 0.29) is 11.8 Å². The van der Waals surface area contributed by atoms with Crippen LogP contribution >= 0.6 is 0 Å². The third-order valence-electron chi connectivity index (χ3n) is 5.51. The van der Waals surface area contributed by atoms with Gasteiger partial charge in [-0.15, -0.1) is 0 Å². The van der Waals surface area contributed by atoms with Crippen LogP contribution in [0.3, 0.4) is 0 Å². The Morgan fingerprint density at radius 1 is 1.23 bits per heavy atom. The van der Waals surface area contributed by atoms with Crippen LogP contribution in [0.1, 0.15) is 44.4 Å². The molecule has 0 saturated carbocycles. The van der Waals surface area contributed by atoms with Gasteiger partial charge >= 0.3 is 0 Å². The minimum absolute atomic E-state index is 0.106. The number of sulfone groups is 1. The second kappa shape index (κ2) is 6.30. The molecule has 26 heavy (non-hydrogen) atoms. The predicted molar refractivity (Wildman–Crippen MR) is 102 cm³/mol. The molecule has 138 valence electrons. The fourth-order valence-corrected chi connectivity index (χ4v) is 5.49. The third-order valence-corrected chi connectivity index (χ3v) is 8.13. The highest BCUT2D eigenvalue weighted by Crippen LogP contribution is 2.34. The molecule has 0 aromatic carbocycles. The maximum absolute atomic E-state index is 12.3. The molecule has 2 aliphatic rings. The summed E-state index contributed by atoms with van der Waals surface area (Å²) in [6, 6.07) is 3.95. The van der Waals surface area contributed by atoms with Gasteiger partial charge < -0.3 is 5.32 Å². The maximum Gasteiger partial charge on any atom is 0.163 e. The van der Waals surface area contributed by atoms with Crippen molar-refractivity contribution < 1.29 is 8.42 Å². The molecule has 2 aromatic rings. The largest absolute Gasteiger partial charge is 0.367 e. The van der Waals surface area contributed by atoms with Crippen LogP contribution in [0.25, 0.3) is 11.4 Å². The van der Waals surface area contributed by atoms with E-state index in [4.69, 9.17) is 9.97 Å². The number of rotatable bonds is 3. The zero-order chi connectivity index (χ0) is 18.4. The lowest BCUT2D eigenvalue weighted by molar-refractivity contribution is 0.462. The monoisotopic (exact) mass is 372 g/mol. The highest BCUT2D eigenvalue weighted by molar-refractivity contribution is 7.92. The number of nitrogens with zero attached hydrogens (tertiary/aromatic N) is 3. The molecule has 7 heteroatoms. The first kappa shape index (κ1) is 17.4. The van der Waals surface area contributed by atoms with Crippen molar-refractivity contribution in [1.82, 2.24) is 15.0 Å². The maximum atomic E-state index is 12.3. The Balaban J connectivity index is 1.66. The summed E-state index contributed by atoms with van der Waals surface area (Å²) < 4.78 is 23.8. The van der Waals surface area contributed by atoms with Crippen molar-refractivity contribution in [3.8, 4) is 11.4 Å². The molecule has 0 spiro atoms.